The second-order valence-electron chi connectivity index (χ2n) is 5.49. The summed E-state index contributed by atoms with van der Waals surface area (Å²) in [4.78, 5) is 4.42. The van der Waals surface area contributed by atoms with Crippen molar-refractivity contribution in [1.29, 1.82) is 0 Å². The highest BCUT2D eigenvalue weighted by atomic mass is 16.5. The summed E-state index contributed by atoms with van der Waals surface area (Å²) in [6.07, 6.45) is 1.11. The molecule has 1 aliphatic rings. The summed E-state index contributed by atoms with van der Waals surface area (Å²) in [5, 5.41) is 16.2. The smallest absolute Gasteiger partial charge is 0.261 e. The molecule has 0 bridgehead atoms. The second-order valence-corrected chi connectivity index (χ2v) is 5.49. The van der Waals surface area contributed by atoms with Crippen molar-refractivity contribution in [2.75, 3.05) is 0 Å². The second kappa shape index (κ2) is 4.07. The zero-order valence-corrected chi connectivity index (χ0v) is 11.1. The molecule has 0 spiro atoms. The van der Waals surface area contributed by atoms with Crippen molar-refractivity contribution in [3.05, 3.63) is 42.2 Å². The predicted octanol–water partition coefficient (Wildman–Crippen LogP) is 3.72. The Kier molecular flexibility index (Phi) is 2.33. The number of rotatable bonds is 2. The van der Waals surface area contributed by atoms with Crippen molar-refractivity contribution in [2.45, 2.75) is 19.3 Å². The molecule has 20 heavy (non-hydrogen) atoms. The van der Waals surface area contributed by atoms with Crippen LogP contribution in [0.3, 0.4) is 0 Å². The van der Waals surface area contributed by atoms with E-state index in [0.717, 1.165) is 23.0 Å². The fourth-order valence-electron chi connectivity index (χ4n) is 2.58. The van der Waals surface area contributed by atoms with Gasteiger partial charge in [0.15, 0.2) is 5.82 Å². The molecule has 4 nitrogen and oxygen atoms in total. The van der Waals surface area contributed by atoms with Crippen molar-refractivity contribution in [3.63, 3.8) is 0 Å². The van der Waals surface area contributed by atoms with Crippen LogP contribution in [0.15, 0.2) is 40.9 Å². The van der Waals surface area contributed by atoms with Crippen molar-refractivity contribution in [1.82, 2.24) is 10.1 Å². The Bertz CT molecular complexity index is 794. The molecule has 2 aromatic carbocycles. The van der Waals surface area contributed by atoms with Crippen LogP contribution in [0.25, 0.3) is 22.2 Å². The number of nitrogens with zero attached hydrogens (tertiary/aromatic N) is 2. The Labute approximate surface area is 116 Å². The van der Waals surface area contributed by atoms with Crippen molar-refractivity contribution in [3.8, 4) is 17.2 Å². The molecule has 0 aliphatic heterocycles. The van der Waals surface area contributed by atoms with E-state index in [1.165, 1.54) is 0 Å². The Morgan fingerprint density at radius 3 is 2.60 bits per heavy atom. The van der Waals surface area contributed by atoms with E-state index in [9.17, 15) is 5.11 Å². The molecular formula is C16H14N2O2. The van der Waals surface area contributed by atoms with E-state index in [-0.39, 0.29) is 5.75 Å². The summed E-state index contributed by atoms with van der Waals surface area (Å²) in [5.74, 6) is 2.35. The minimum absolute atomic E-state index is 0.169. The molecule has 0 radical (unpaired) electrons. The van der Waals surface area contributed by atoms with E-state index < -0.39 is 0 Å². The summed E-state index contributed by atoms with van der Waals surface area (Å²) in [6.45, 7) is 2.17. The summed E-state index contributed by atoms with van der Waals surface area (Å²) in [6, 6.07) is 11.5. The van der Waals surface area contributed by atoms with Gasteiger partial charge >= 0.3 is 0 Å². The summed E-state index contributed by atoms with van der Waals surface area (Å²) >= 11 is 0. The first-order chi connectivity index (χ1) is 9.72. The molecule has 100 valence electrons. The average Bonchev–Trinajstić information content (AvgIpc) is 3.00. The lowest BCUT2D eigenvalue weighted by molar-refractivity contribution is 0.417. The normalized spacial score (nSPS) is 21.2. The molecule has 1 saturated carbocycles. The number of aromatic nitrogens is 2. The van der Waals surface area contributed by atoms with Gasteiger partial charge in [0, 0.05) is 5.92 Å². The highest BCUT2D eigenvalue weighted by Crippen LogP contribution is 2.46. The van der Waals surface area contributed by atoms with Gasteiger partial charge in [0.05, 0.1) is 5.56 Å². The van der Waals surface area contributed by atoms with Gasteiger partial charge in [-0.15, -0.1) is 0 Å². The van der Waals surface area contributed by atoms with E-state index in [4.69, 9.17) is 4.52 Å². The minimum Gasteiger partial charge on any atom is -0.507 e. The van der Waals surface area contributed by atoms with E-state index in [1.807, 2.05) is 30.3 Å². The molecule has 3 aromatic rings. The first kappa shape index (κ1) is 11.5. The molecule has 4 rings (SSSR count). The predicted molar refractivity (Wildman–Crippen MR) is 75.4 cm³/mol. The maximum Gasteiger partial charge on any atom is 0.261 e. The van der Waals surface area contributed by atoms with E-state index >= 15 is 0 Å². The Morgan fingerprint density at radius 1 is 1.20 bits per heavy atom. The minimum atomic E-state index is 0.169. The van der Waals surface area contributed by atoms with Gasteiger partial charge in [-0.2, -0.15) is 4.98 Å². The highest BCUT2D eigenvalue weighted by molar-refractivity contribution is 5.89. The molecule has 1 heterocycles. The van der Waals surface area contributed by atoms with Gasteiger partial charge in [0.25, 0.3) is 5.89 Å². The number of hydrogen-bond donors (Lipinski definition) is 1. The standard InChI is InChI=1S/C16H14N2O2/c1-9-6-12(9)15-17-16(20-18-15)13-7-10-4-2-3-5-11(10)8-14(13)19/h2-5,7-9,12,19H,6H2,1H3. The molecule has 0 saturated heterocycles. The lowest BCUT2D eigenvalue weighted by Gasteiger charge is -2.02. The van der Waals surface area contributed by atoms with Crippen molar-refractivity contribution < 1.29 is 9.63 Å². The lowest BCUT2D eigenvalue weighted by Crippen LogP contribution is -1.85. The molecular weight excluding hydrogens is 252 g/mol. The molecule has 2 unspecified atom stereocenters. The number of phenols is 1. The Morgan fingerprint density at radius 2 is 1.90 bits per heavy atom. The average molecular weight is 266 g/mol. The summed E-state index contributed by atoms with van der Waals surface area (Å²) < 4.78 is 5.31. The van der Waals surface area contributed by atoms with Crippen LogP contribution in [0, 0.1) is 5.92 Å². The zero-order valence-electron chi connectivity index (χ0n) is 11.1. The lowest BCUT2D eigenvalue weighted by atomic mass is 10.1. The SMILES string of the molecule is CC1CC1c1noc(-c2cc3ccccc3cc2O)n1. The Balaban J connectivity index is 1.81. The first-order valence-corrected chi connectivity index (χ1v) is 6.78. The molecule has 1 aromatic heterocycles. The van der Waals surface area contributed by atoms with Gasteiger partial charge in [-0.3, -0.25) is 0 Å². The molecule has 0 amide bonds. The largest absolute Gasteiger partial charge is 0.507 e. The van der Waals surface area contributed by atoms with E-state index in [1.54, 1.807) is 6.07 Å². The zero-order chi connectivity index (χ0) is 13.7. The summed E-state index contributed by atoms with van der Waals surface area (Å²) in [5.41, 5.74) is 0.593. The Hall–Kier alpha value is -2.36. The van der Waals surface area contributed by atoms with Gasteiger partial charge in [0.1, 0.15) is 5.75 Å². The number of fused-ring (bicyclic) bond motifs is 1. The van der Waals surface area contributed by atoms with Crippen LogP contribution in [-0.2, 0) is 0 Å². The van der Waals surface area contributed by atoms with E-state index in [0.29, 0.717) is 23.3 Å². The van der Waals surface area contributed by atoms with Gasteiger partial charge in [-0.05, 0) is 35.2 Å². The van der Waals surface area contributed by atoms with Gasteiger partial charge in [0.2, 0.25) is 0 Å². The molecule has 1 aliphatic carbocycles. The third kappa shape index (κ3) is 1.76. The molecule has 1 fully saturated rings. The van der Waals surface area contributed by atoms with Gasteiger partial charge in [-0.1, -0.05) is 36.3 Å². The van der Waals surface area contributed by atoms with Crippen LogP contribution < -0.4 is 0 Å². The van der Waals surface area contributed by atoms with E-state index in [2.05, 4.69) is 17.1 Å². The molecule has 1 N–H and O–H groups in total. The van der Waals surface area contributed by atoms with Crippen LogP contribution in [0.5, 0.6) is 5.75 Å². The van der Waals surface area contributed by atoms with Gasteiger partial charge in [-0.25, -0.2) is 0 Å². The maximum absolute atomic E-state index is 10.1. The van der Waals surface area contributed by atoms with Crippen LogP contribution >= 0.6 is 0 Å². The molecule has 2 atom stereocenters. The van der Waals surface area contributed by atoms with Crippen molar-refractivity contribution in [2.24, 2.45) is 5.92 Å². The van der Waals surface area contributed by atoms with Crippen LogP contribution in [-0.4, -0.2) is 15.2 Å². The highest BCUT2D eigenvalue weighted by Gasteiger charge is 2.38. The fourth-order valence-corrected chi connectivity index (χ4v) is 2.58. The topological polar surface area (TPSA) is 59.2 Å². The number of benzene rings is 2. The monoisotopic (exact) mass is 266 g/mol. The summed E-state index contributed by atoms with van der Waals surface area (Å²) in [7, 11) is 0. The maximum atomic E-state index is 10.1. The van der Waals surface area contributed by atoms with Crippen LogP contribution in [0.1, 0.15) is 25.1 Å². The third-order valence-electron chi connectivity index (χ3n) is 3.98. The van der Waals surface area contributed by atoms with Crippen molar-refractivity contribution >= 4 is 10.8 Å². The van der Waals surface area contributed by atoms with Gasteiger partial charge < -0.3 is 9.63 Å². The number of hydrogen-bond acceptors (Lipinski definition) is 4. The number of aromatic hydroxyl groups is 1. The fraction of sp³-hybridized carbons (Fsp3) is 0.250. The molecule has 4 heteroatoms. The first-order valence-electron chi connectivity index (χ1n) is 6.78. The number of phenolic OH excluding ortho intramolecular Hbond substituents is 1. The van der Waals surface area contributed by atoms with Crippen LogP contribution in [0.4, 0.5) is 0 Å². The quantitative estimate of drug-likeness (QED) is 0.768. The van der Waals surface area contributed by atoms with Crippen LogP contribution in [0.2, 0.25) is 0 Å². The third-order valence-corrected chi connectivity index (χ3v) is 3.98.